The van der Waals surface area contributed by atoms with Crippen LogP contribution in [0.2, 0.25) is 0 Å². The van der Waals surface area contributed by atoms with Gasteiger partial charge >= 0.3 is 0 Å². The van der Waals surface area contributed by atoms with E-state index in [1.807, 2.05) is 4.90 Å². The monoisotopic (exact) mass is 696 g/mol. The second kappa shape index (κ2) is 26.2. The zero-order valence-electron chi connectivity index (χ0n) is 29.3. The molecule has 0 bridgehead atoms. The summed E-state index contributed by atoms with van der Waals surface area (Å²) < 4.78 is 6.70. The molecule has 4 aliphatic rings. The minimum absolute atomic E-state index is 0.207. The van der Waals surface area contributed by atoms with Crippen molar-refractivity contribution in [2.24, 2.45) is 28.7 Å². The number of carbonyl (C=O) groups excluding carboxylic acids is 5. The molecular weight excluding hydrogens is 636 g/mol. The number of piperidine rings is 1. The average Bonchev–Trinajstić information content (AvgIpc) is 3.74. The number of aromatic nitrogens is 2. The Kier molecular flexibility index (Phi) is 23.2. The number of morpholine rings is 1. The normalized spacial score (nSPS) is 18.9. The maximum Gasteiger partial charge on any atom is 0.237 e. The van der Waals surface area contributed by atoms with Gasteiger partial charge in [-0.2, -0.15) is 0 Å². The molecule has 0 saturated carbocycles. The molecule has 4 fully saturated rings. The van der Waals surface area contributed by atoms with Crippen LogP contribution in [0.5, 0.6) is 0 Å². The zero-order chi connectivity index (χ0) is 36.4. The van der Waals surface area contributed by atoms with Crippen molar-refractivity contribution >= 4 is 29.5 Å². The van der Waals surface area contributed by atoms with Gasteiger partial charge in [-0.05, 0) is 58.9 Å². The van der Waals surface area contributed by atoms with Crippen LogP contribution < -0.4 is 28.7 Å². The number of imidazole rings is 1. The Morgan fingerprint density at radius 1 is 0.531 bits per heavy atom. The molecule has 0 spiro atoms. The van der Waals surface area contributed by atoms with Gasteiger partial charge in [-0.3, -0.25) is 43.6 Å². The fourth-order valence-electron chi connectivity index (χ4n) is 5.27. The van der Waals surface area contributed by atoms with Gasteiger partial charge in [-0.15, -0.1) is 0 Å². The van der Waals surface area contributed by atoms with E-state index >= 15 is 0 Å². The summed E-state index contributed by atoms with van der Waals surface area (Å²) in [7, 11) is 2.08. The first kappa shape index (κ1) is 43.3. The molecule has 5 heterocycles. The maximum absolute atomic E-state index is 10.5. The highest BCUT2D eigenvalue weighted by Gasteiger charge is 2.15. The molecule has 18 heteroatoms. The zero-order valence-corrected chi connectivity index (χ0v) is 29.3. The van der Waals surface area contributed by atoms with E-state index in [0.717, 1.165) is 65.4 Å². The molecule has 0 aliphatic carbocycles. The Morgan fingerprint density at radius 2 is 0.898 bits per heavy atom. The van der Waals surface area contributed by atoms with Crippen molar-refractivity contribution in [1.82, 2.24) is 34.1 Å². The number of nitrogens with zero attached hydrogens (tertiary/aromatic N) is 7. The smallest absolute Gasteiger partial charge is 0.237 e. The number of ether oxygens (including phenoxy) is 1. The molecule has 10 N–H and O–H groups in total. The fourth-order valence-corrected chi connectivity index (χ4v) is 5.27. The molecule has 0 radical (unpaired) electrons. The van der Waals surface area contributed by atoms with Crippen molar-refractivity contribution in [3.05, 3.63) is 18.7 Å². The first-order valence-electron chi connectivity index (χ1n) is 16.9. The van der Waals surface area contributed by atoms with Crippen LogP contribution in [0.15, 0.2) is 18.7 Å². The summed E-state index contributed by atoms with van der Waals surface area (Å²) in [5.41, 5.74) is 25.0. The number of amides is 5. The summed E-state index contributed by atoms with van der Waals surface area (Å²) in [5, 5.41) is 0. The van der Waals surface area contributed by atoms with Crippen molar-refractivity contribution in [3.63, 3.8) is 0 Å². The lowest BCUT2D eigenvalue weighted by Gasteiger charge is -2.31. The number of carbonyl (C=O) groups is 5. The van der Waals surface area contributed by atoms with E-state index < -0.39 is 0 Å². The van der Waals surface area contributed by atoms with Crippen LogP contribution >= 0.6 is 0 Å². The van der Waals surface area contributed by atoms with Crippen LogP contribution in [0.1, 0.15) is 32.1 Å². The van der Waals surface area contributed by atoms with Crippen molar-refractivity contribution in [2.45, 2.75) is 38.6 Å². The van der Waals surface area contributed by atoms with Gasteiger partial charge in [0, 0.05) is 51.7 Å². The number of primary amides is 5. The minimum atomic E-state index is -0.354. The van der Waals surface area contributed by atoms with Crippen molar-refractivity contribution in [2.75, 3.05) is 112 Å². The third-order valence-electron chi connectivity index (χ3n) is 7.76. The van der Waals surface area contributed by atoms with Gasteiger partial charge in [0.2, 0.25) is 29.5 Å². The van der Waals surface area contributed by atoms with Crippen LogP contribution in [-0.2, 0) is 35.3 Å². The first-order valence-corrected chi connectivity index (χ1v) is 16.9. The number of hydrogen-bond acceptors (Lipinski definition) is 12. The molecular formula is C31H60N12O6. The summed E-state index contributed by atoms with van der Waals surface area (Å²) in [5.74, 6) is -1.26. The van der Waals surface area contributed by atoms with E-state index in [9.17, 15) is 24.0 Å². The highest BCUT2D eigenvalue weighted by Crippen LogP contribution is 2.07. The minimum Gasteiger partial charge on any atom is -0.379 e. The Hall–Kier alpha value is -3.68. The predicted octanol–water partition coefficient (Wildman–Crippen LogP) is -3.58. The molecule has 1 aromatic heterocycles. The molecule has 4 saturated heterocycles. The quantitative estimate of drug-likeness (QED) is 0.159. The van der Waals surface area contributed by atoms with Crippen LogP contribution in [-0.4, -0.2) is 175 Å². The standard InChI is InChI=1S/C7H15N3O.C7H14N2O.C6H12N2O2.C6H12N2O.C5H7N3O/c1-9-2-4-10(5-3-9)6-7(8)11;8-7(10)6-9-4-2-1-3-5-9;7-6(9)5-8-1-3-10-4-2-8;7-6(9)5-8-3-1-2-4-8;6-5(9)3-8-2-1-7-4-8/h2-6H2,1H3,(H2,8,11);1-6H2,(H2,8,10);1-5H2,(H2,7,9);1-5H2,(H2,7,9);1-2,4H,3H2,(H2,6,9). The second-order valence-electron chi connectivity index (χ2n) is 12.4. The molecule has 0 unspecified atom stereocenters. The third-order valence-corrected chi connectivity index (χ3v) is 7.76. The van der Waals surface area contributed by atoms with E-state index in [4.69, 9.17) is 33.4 Å². The van der Waals surface area contributed by atoms with E-state index in [1.165, 1.54) is 32.1 Å². The summed E-state index contributed by atoms with van der Waals surface area (Å²) in [4.78, 5) is 66.2. The Balaban J connectivity index is 0.000000307. The van der Waals surface area contributed by atoms with Gasteiger partial charge in [-0.25, -0.2) is 4.98 Å². The SMILES string of the molecule is CN1CCN(CC(N)=O)CC1.NC(=O)CN1CCCC1.NC(=O)CN1CCCCC1.NC(=O)CN1CCOCC1.NC(=O)Cn1ccnc1. The Bertz CT molecular complexity index is 1040. The number of likely N-dealkylation sites (N-methyl/N-ethyl adjacent to an activating group) is 1. The third kappa shape index (κ3) is 25.0. The molecule has 1 aromatic rings. The number of likely N-dealkylation sites (tertiary alicyclic amines) is 2. The molecule has 4 aliphatic heterocycles. The second-order valence-corrected chi connectivity index (χ2v) is 12.4. The molecule has 0 aromatic carbocycles. The Labute approximate surface area is 290 Å². The summed E-state index contributed by atoms with van der Waals surface area (Å²) in [6, 6.07) is 0. The summed E-state index contributed by atoms with van der Waals surface area (Å²) >= 11 is 0. The fraction of sp³-hybridized carbons (Fsp3) is 0.742. The van der Waals surface area contributed by atoms with E-state index in [-0.39, 0.29) is 36.1 Å². The number of rotatable bonds is 10. The number of nitrogens with two attached hydrogens (primary N) is 5. The highest BCUT2D eigenvalue weighted by atomic mass is 16.5. The average molecular weight is 697 g/mol. The summed E-state index contributed by atoms with van der Waals surface area (Å²) in [6.45, 7) is 13.1. The lowest BCUT2D eigenvalue weighted by Crippen LogP contribution is -2.47. The van der Waals surface area contributed by atoms with Crippen LogP contribution in [0.3, 0.4) is 0 Å². The summed E-state index contributed by atoms with van der Waals surface area (Å²) in [6.07, 6.45) is 11.0. The van der Waals surface area contributed by atoms with Gasteiger partial charge in [-0.1, -0.05) is 6.42 Å². The first-order chi connectivity index (χ1) is 23.3. The molecule has 18 nitrogen and oxygen atoms in total. The highest BCUT2D eigenvalue weighted by molar-refractivity contribution is 5.77. The lowest BCUT2D eigenvalue weighted by molar-refractivity contribution is -0.120. The van der Waals surface area contributed by atoms with Crippen molar-refractivity contribution in [1.29, 1.82) is 0 Å². The van der Waals surface area contributed by atoms with Gasteiger partial charge < -0.3 is 42.9 Å². The van der Waals surface area contributed by atoms with Gasteiger partial charge in [0.05, 0.1) is 45.7 Å². The largest absolute Gasteiger partial charge is 0.379 e. The molecule has 0 atom stereocenters. The molecule has 49 heavy (non-hydrogen) atoms. The topological polar surface area (TPSA) is 259 Å². The van der Waals surface area contributed by atoms with E-state index in [2.05, 4.69) is 31.6 Å². The Morgan fingerprint density at radius 3 is 1.27 bits per heavy atom. The lowest BCUT2D eigenvalue weighted by atomic mass is 10.1. The molecule has 280 valence electrons. The van der Waals surface area contributed by atoms with Gasteiger partial charge in [0.25, 0.3) is 0 Å². The number of hydrogen-bond donors (Lipinski definition) is 5. The number of piperazine rings is 1. The van der Waals surface area contributed by atoms with E-state index in [1.54, 1.807) is 23.3 Å². The van der Waals surface area contributed by atoms with Crippen molar-refractivity contribution < 1.29 is 28.7 Å². The molecule has 5 rings (SSSR count). The van der Waals surface area contributed by atoms with Gasteiger partial charge in [0.15, 0.2) is 0 Å². The van der Waals surface area contributed by atoms with Crippen LogP contribution in [0, 0.1) is 0 Å². The van der Waals surface area contributed by atoms with Crippen LogP contribution in [0.4, 0.5) is 0 Å². The molecule has 5 amide bonds. The maximum atomic E-state index is 10.5. The predicted molar refractivity (Wildman–Crippen MR) is 185 cm³/mol. The van der Waals surface area contributed by atoms with E-state index in [0.29, 0.717) is 39.4 Å². The van der Waals surface area contributed by atoms with Crippen LogP contribution in [0.25, 0.3) is 0 Å². The van der Waals surface area contributed by atoms with Gasteiger partial charge in [0.1, 0.15) is 6.54 Å². The van der Waals surface area contributed by atoms with Crippen molar-refractivity contribution in [3.8, 4) is 0 Å².